The van der Waals surface area contributed by atoms with Crippen LogP contribution in [0.15, 0.2) is 18.2 Å². The van der Waals surface area contributed by atoms with Gasteiger partial charge in [0, 0.05) is 38.3 Å². The van der Waals surface area contributed by atoms with Gasteiger partial charge in [0.2, 0.25) is 5.91 Å². The summed E-state index contributed by atoms with van der Waals surface area (Å²) in [4.78, 5) is 24.4. The number of benzene rings is 1. The summed E-state index contributed by atoms with van der Waals surface area (Å²) in [6.45, 7) is 3.51. The maximum atomic E-state index is 11.6. The number of aryl methyl sites for hydroxylation is 1. The maximum Gasteiger partial charge on any atom is 0.224 e. The molecule has 0 unspecified atom stereocenters. The first-order valence-electron chi connectivity index (χ1n) is 5.97. The summed E-state index contributed by atoms with van der Waals surface area (Å²) < 4.78 is 0. The molecule has 0 saturated carbocycles. The molecule has 1 N–H and O–H groups in total. The van der Waals surface area contributed by atoms with Gasteiger partial charge in [-0.05, 0) is 31.5 Å². The highest BCUT2D eigenvalue weighted by Crippen LogP contribution is 2.22. The molecule has 0 bridgehead atoms. The van der Waals surface area contributed by atoms with Crippen LogP contribution in [0.3, 0.4) is 0 Å². The SMILES string of the molecule is CC(=O)CCC(=O)Nc1ccc(C)c(N(C)C)c1. The zero-order valence-corrected chi connectivity index (χ0v) is 11.4. The first-order chi connectivity index (χ1) is 8.40. The highest BCUT2D eigenvalue weighted by atomic mass is 16.2. The van der Waals surface area contributed by atoms with Crippen LogP contribution < -0.4 is 10.2 Å². The van der Waals surface area contributed by atoms with Gasteiger partial charge in [0.05, 0.1) is 0 Å². The summed E-state index contributed by atoms with van der Waals surface area (Å²) in [7, 11) is 3.92. The van der Waals surface area contributed by atoms with E-state index < -0.39 is 0 Å². The largest absolute Gasteiger partial charge is 0.377 e. The third-order valence-corrected chi connectivity index (χ3v) is 2.68. The second-order valence-electron chi connectivity index (χ2n) is 4.65. The van der Waals surface area contributed by atoms with Crippen molar-refractivity contribution in [3.63, 3.8) is 0 Å². The minimum atomic E-state index is -0.126. The van der Waals surface area contributed by atoms with Gasteiger partial charge >= 0.3 is 0 Å². The molecule has 1 amide bonds. The number of ketones is 1. The Bertz CT molecular complexity index is 453. The fraction of sp³-hybridized carbons (Fsp3) is 0.429. The molecule has 0 aromatic heterocycles. The lowest BCUT2D eigenvalue weighted by Gasteiger charge is -2.17. The minimum absolute atomic E-state index is 0.0306. The smallest absolute Gasteiger partial charge is 0.224 e. The summed E-state index contributed by atoms with van der Waals surface area (Å²) in [6, 6.07) is 5.77. The van der Waals surface area contributed by atoms with Gasteiger partial charge in [-0.2, -0.15) is 0 Å². The van der Waals surface area contributed by atoms with Crippen molar-refractivity contribution in [1.82, 2.24) is 0 Å². The number of rotatable bonds is 5. The van der Waals surface area contributed by atoms with Crippen molar-refractivity contribution in [2.45, 2.75) is 26.7 Å². The molecule has 18 heavy (non-hydrogen) atoms. The maximum absolute atomic E-state index is 11.6. The Morgan fingerprint density at radius 1 is 1.22 bits per heavy atom. The number of nitrogens with zero attached hydrogens (tertiary/aromatic N) is 1. The molecule has 0 heterocycles. The summed E-state index contributed by atoms with van der Waals surface area (Å²) >= 11 is 0. The Hall–Kier alpha value is -1.84. The predicted molar refractivity (Wildman–Crippen MR) is 74.1 cm³/mol. The molecule has 4 nitrogen and oxygen atoms in total. The molecule has 0 spiro atoms. The van der Waals surface area contributed by atoms with Gasteiger partial charge in [0.25, 0.3) is 0 Å². The lowest BCUT2D eigenvalue weighted by Crippen LogP contribution is -2.14. The Morgan fingerprint density at radius 2 is 1.89 bits per heavy atom. The quantitative estimate of drug-likeness (QED) is 0.870. The third kappa shape index (κ3) is 4.20. The number of anilines is 2. The standard InChI is InChI=1S/C14H20N2O2/c1-10-5-7-12(9-13(10)16(3)4)15-14(18)8-6-11(2)17/h5,7,9H,6,8H2,1-4H3,(H,15,18). The van der Waals surface area contributed by atoms with Gasteiger partial charge in [-0.15, -0.1) is 0 Å². The van der Waals surface area contributed by atoms with Crippen LogP contribution in [0.1, 0.15) is 25.3 Å². The number of hydrogen-bond donors (Lipinski definition) is 1. The Balaban J connectivity index is 2.70. The Labute approximate surface area is 108 Å². The van der Waals surface area contributed by atoms with Crippen LogP contribution in [0.5, 0.6) is 0 Å². The molecule has 0 fully saturated rings. The molecule has 0 aliphatic rings. The van der Waals surface area contributed by atoms with Gasteiger partial charge in [0.1, 0.15) is 5.78 Å². The monoisotopic (exact) mass is 248 g/mol. The molecule has 0 aliphatic heterocycles. The molecule has 0 saturated heterocycles. The van der Waals surface area contributed by atoms with E-state index in [9.17, 15) is 9.59 Å². The number of Topliss-reactive ketones (excluding diaryl/α,β-unsaturated/α-hetero) is 1. The van der Waals surface area contributed by atoms with Crippen LogP contribution in [0.25, 0.3) is 0 Å². The molecular formula is C14H20N2O2. The fourth-order valence-electron chi connectivity index (χ4n) is 1.68. The molecule has 1 aromatic rings. The zero-order valence-electron chi connectivity index (χ0n) is 11.4. The Morgan fingerprint density at radius 3 is 2.44 bits per heavy atom. The number of nitrogens with one attached hydrogen (secondary N) is 1. The van der Waals surface area contributed by atoms with E-state index in [1.807, 2.05) is 44.1 Å². The summed E-state index contributed by atoms with van der Waals surface area (Å²) in [5.41, 5.74) is 2.99. The summed E-state index contributed by atoms with van der Waals surface area (Å²) in [5, 5.41) is 2.80. The van der Waals surface area contributed by atoms with Crippen molar-refractivity contribution in [3.8, 4) is 0 Å². The second-order valence-corrected chi connectivity index (χ2v) is 4.65. The van der Waals surface area contributed by atoms with Crippen molar-refractivity contribution in [2.75, 3.05) is 24.3 Å². The van der Waals surface area contributed by atoms with Crippen molar-refractivity contribution in [2.24, 2.45) is 0 Å². The second kappa shape index (κ2) is 6.19. The molecule has 1 rings (SSSR count). The lowest BCUT2D eigenvalue weighted by molar-refractivity contribution is -0.121. The van der Waals surface area contributed by atoms with Crippen LogP contribution in [-0.2, 0) is 9.59 Å². The van der Waals surface area contributed by atoms with Gasteiger partial charge < -0.3 is 15.0 Å². The van der Waals surface area contributed by atoms with Crippen LogP contribution in [0, 0.1) is 6.92 Å². The van der Waals surface area contributed by atoms with E-state index in [-0.39, 0.29) is 24.5 Å². The molecule has 4 heteroatoms. The van der Waals surface area contributed by atoms with Gasteiger partial charge in [-0.25, -0.2) is 0 Å². The molecule has 0 aliphatic carbocycles. The topological polar surface area (TPSA) is 49.4 Å². The van der Waals surface area contributed by atoms with E-state index in [0.29, 0.717) is 0 Å². The molecule has 0 atom stereocenters. The van der Waals surface area contributed by atoms with Crippen LogP contribution >= 0.6 is 0 Å². The zero-order chi connectivity index (χ0) is 13.7. The normalized spacial score (nSPS) is 10.0. The first-order valence-corrected chi connectivity index (χ1v) is 5.97. The number of hydrogen-bond acceptors (Lipinski definition) is 3. The summed E-state index contributed by atoms with van der Waals surface area (Å²) in [6.07, 6.45) is 0.527. The highest BCUT2D eigenvalue weighted by molar-refractivity contribution is 5.93. The van der Waals surface area contributed by atoms with E-state index in [0.717, 1.165) is 16.9 Å². The fourth-order valence-corrected chi connectivity index (χ4v) is 1.68. The Kier molecular flexibility index (Phi) is 4.89. The minimum Gasteiger partial charge on any atom is -0.377 e. The summed E-state index contributed by atoms with van der Waals surface area (Å²) in [5.74, 6) is -0.0956. The van der Waals surface area contributed by atoms with Crippen LogP contribution in [-0.4, -0.2) is 25.8 Å². The predicted octanol–water partition coefficient (Wildman–Crippen LogP) is 2.37. The molecule has 98 valence electrons. The highest BCUT2D eigenvalue weighted by Gasteiger charge is 2.06. The van der Waals surface area contributed by atoms with Crippen LogP contribution in [0.2, 0.25) is 0 Å². The number of carbonyl (C=O) groups excluding carboxylic acids is 2. The number of carbonyl (C=O) groups is 2. The van der Waals surface area contributed by atoms with Crippen molar-refractivity contribution >= 4 is 23.1 Å². The first kappa shape index (κ1) is 14.2. The van der Waals surface area contributed by atoms with Crippen molar-refractivity contribution in [1.29, 1.82) is 0 Å². The van der Waals surface area contributed by atoms with Crippen molar-refractivity contribution < 1.29 is 9.59 Å². The van der Waals surface area contributed by atoms with E-state index in [4.69, 9.17) is 0 Å². The van der Waals surface area contributed by atoms with E-state index in [2.05, 4.69) is 5.32 Å². The molecule has 1 aromatic carbocycles. The third-order valence-electron chi connectivity index (χ3n) is 2.68. The van der Waals surface area contributed by atoms with Gasteiger partial charge in [-0.1, -0.05) is 6.07 Å². The van der Waals surface area contributed by atoms with E-state index in [1.165, 1.54) is 6.92 Å². The lowest BCUT2D eigenvalue weighted by atomic mass is 10.1. The average Bonchev–Trinajstić information content (AvgIpc) is 2.28. The number of amides is 1. The van der Waals surface area contributed by atoms with Gasteiger partial charge in [0.15, 0.2) is 0 Å². The van der Waals surface area contributed by atoms with Crippen molar-refractivity contribution in [3.05, 3.63) is 23.8 Å². The molecule has 0 radical (unpaired) electrons. The van der Waals surface area contributed by atoms with Gasteiger partial charge in [-0.3, -0.25) is 4.79 Å². The van der Waals surface area contributed by atoms with E-state index >= 15 is 0 Å². The van der Waals surface area contributed by atoms with Crippen LogP contribution in [0.4, 0.5) is 11.4 Å². The average molecular weight is 248 g/mol. The molecular weight excluding hydrogens is 228 g/mol. The van der Waals surface area contributed by atoms with E-state index in [1.54, 1.807) is 0 Å².